The standard InChI is InChI=1S/C27H30N8O2S/c1-3-34-15-17-35(18-16-34)38(36,37)22-9-7-21(8-10-22)19-26-28-13-11-24(32-26)31-25-12-14-29-27(33-25)23-6-4-5-20(2)30-23/h4-14H,3,15-19H2,1-2H3,(H,28,29,31,32,33). The van der Waals surface area contributed by atoms with Crippen LogP contribution in [0.4, 0.5) is 11.6 Å². The number of anilines is 2. The predicted octanol–water partition coefficient (Wildman–Crippen LogP) is 3.30. The van der Waals surface area contributed by atoms with Crippen LogP contribution in [0.1, 0.15) is 24.0 Å². The maximum absolute atomic E-state index is 13.1. The molecule has 4 aromatic rings. The fourth-order valence-corrected chi connectivity index (χ4v) is 5.72. The molecule has 0 spiro atoms. The summed E-state index contributed by atoms with van der Waals surface area (Å²) in [4.78, 5) is 24.9. The fraction of sp³-hybridized carbons (Fsp3) is 0.296. The molecule has 38 heavy (non-hydrogen) atoms. The normalized spacial score (nSPS) is 14.9. The van der Waals surface area contributed by atoms with E-state index in [1.54, 1.807) is 41.0 Å². The van der Waals surface area contributed by atoms with Crippen LogP contribution in [0.2, 0.25) is 0 Å². The summed E-state index contributed by atoms with van der Waals surface area (Å²) < 4.78 is 27.7. The zero-order valence-corrected chi connectivity index (χ0v) is 22.3. The van der Waals surface area contributed by atoms with Gasteiger partial charge in [0.15, 0.2) is 5.82 Å². The lowest BCUT2D eigenvalue weighted by Gasteiger charge is -2.33. The summed E-state index contributed by atoms with van der Waals surface area (Å²) in [6.45, 7) is 7.50. The van der Waals surface area contributed by atoms with Gasteiger partial charge < -0.3 is 10.2 Å². The van der Waals surface area contributed by atoms with Crippen LogP contribution in [0.5, 0.6) is 0 Å². The molecule has 4 heterocycles. The summed E-state index contributed by atoms with van der Waals surface area (Å²) in [5, 5.41) is 3.21. The minimum atomic E-state index is -3.50. The number of rotatable bonds is 8. The van der Waals surface area contributed by atoms with Crippen LogP contribution in [0.25, 0.3) is 11.5 Å². The molecule has 1 fully saturated rings. The highest BCUT2D eigenvalue weighted by Crippen LogP contribution is 2.20. The zero-order chi connectivity index (χ0) is 26.5. The van der Waals surface area contributed by atoms with Gasteiger partial charge in [-0.3, -0.25) is 0 Å². The van der Waals surface area contributed by atoms with Crippen LogP contribution >= 0.6 is 0 Å². The quantitative estimate of drug-likeness (QED) is 0.366. The lowest BCUT2D eigenvalue weighted by atomic mass is 10.1. The van der Waals surface area contributed by atoms with Gasteiger partial charge in [-0.2, -0.15) is 4.31 Å². The fourth-order valence-electron chi connectivity index (χ4n) is 4.30. The number of nitrogens with one attached hydrogen (secondary N) is 1. The molecule has 1 aliphatic rings. The van der Waals surface area contributed by atoms with Gasteiger partial charge in [-0.05, 0) is 55.4 Å². The molecule has 1 aliphatic heterocycles. The summed E-state index contributed by atoms with van der Waals surface area (Å²) in [5.74, 6) is 2.32. The van der Waals surface area contributed by atoms with E-state index in [-0.39, 0.29) is 0 Å². The van der Waals surface area contributed by atoms with Crippen molar-refractivity contribution < 1.29 is 8.42 Å². The van der Waals surface area contributed by atoms with Gasteiger partial charge in [0.2, 0.25) is 10.0 Å². The van der Waals surface area contributed by atoms with E-state index in [1.165, 1.54) is 0 Å². The third-order valence-corrected chi connectivity index (χ3v) is 8.35. The largest absolute Gasteiger partial charge is 0.325 e. The first-order chi connectivity index (χ1) is 18.4. The molecule has 1 N–H and O–H groups in total. The summed E-state index contributed by atoms with van der Waals surface area (Å²) in [5.41, 5.74) is 2.52. The Morgan fingerprint density at radius 3 is 2.26 bits per heavy atom. The van der Waals surface area contributed by atoms with Gasteiger partial charge in [0.05, 0.1) is 4.90 Å². The van der Waals surface area contributed by atoms with E-state index in [4.69, 9.17) is 0 Å². The second-order valence-corrected chi connectivity index (χ2v) is 11.0. The molecular formula is C27H30N8O2S. The molecule has 3 aromatic heterocycles. The number of pyridine rings is 1. The monoisotopic (exact) mass is 530 g/mol. The highest BCUT2D eigenvalue weighted by atomic mass is 32.2. The molecule has 0 unspecified atom stereocenters. The molecule has 1 aromatic carbocycles. The highest BCUT2D eigenvalue weighted by Gasteiger charge is 2.27. The first-order valence-corrected chi connectivity index (χ1v) is 14.0. The molecule has 5 rings (SSSR count). The number of nitrogens with zero attached hydrogens (tertiary/aromatic N) is 7. The minimum absolute atomic E-state index is 0.310. The van der Waals surface area contributed by atoms with Crippen LogP contribution < -0.4 is 5.32 Å². The van der Waals surface area contributed by atoms with Crippen LogP contribution in [0, 0.1) is 6.92 Å². The van der Waals surface area contributed by atoms with Crippen LogP contribution in [-0.4, -0.2) is 75.3 Å². The molecule has 0 aliphatic carbocycles. The molecule has 11 heteroatoms. The maximum Gasteiger partial charge on any atom is 0.243 e. The molecule has 196 valence electrons. The molecule has 0 radical (unpaired) electrons. The third-order valence-electron chi connectivity index (χ3n) is 6.44. The molecule has 0 atom stereocenters. The first-order valence-electron chi connectivity index (χ1n) is 12.6. The van der Waals surface area contributed by atoms with Gasteiger partial charge in [-0.1, -0.05) is 25.1 Å². The third kappa shape index (κ3) is 6.01. The molecule has 10 nitrogen and oxygen atoms in total. The zero-order valence-electron chi connectivity index (χ0n) is 21.4. The van der Waals surface area contributed by atoms with Gasteiger partial charge in [-0.15, -0.1) is 0 Å². The molecule has 0 amide bonds. The average molecular weight is 531 g/mol. The van der Waals surface area contributed by atoms with Gasteiger partial charge in [-0.25, -0.2) is 33.3 Å². The number of hydrogen-bond donors (Lipinski definition) is 1. The predicted molar refractivity (Wildman–Crippen MR) is 145 cm³/mol. The summed E-state index contributed by atoms with van der Waals surface area (Å²) >= 11 is 0. The smallest absolute Gasteiger partial charge is 0.243 e. The molecule has 1 saturated heterocycles. The molecule has 0 bridgehead atoms. The summed E-state index contributed by atoms with van der Waals surface area (Å²) in [6.07, 6.45) is 3.83. The van der Waals surface area contributed by atoms with Gasteiger partial charge in [0.1, 0.15) is 23.2 Å². The van der Waals surface area contributed by atoms with Crippen molar-refractivity contribution in [2.45, 2.75) is 25.2 Å². The maximum atomic E-state index is 13.1. The van der Waals surface area contributed by atoms with Crippen molar-refractivity contribution in [3.05, 3.63) is 84.1 Å². The van der Waals surface area contributed by atoms with E-state index in [0.717, 1.165) is 30.9 Å². The van der Waals surface area contributed by atoms with Crippen LogP contribution in [0.15, 0.2) is 71.9 Å². The van der Waals surface area contributed by atoms with E-state index in [9.17, 15) is 8.42 Å². The topological polar surface area (TPSA) is 117 Å². The number of hydrogen-bond acceptors (Lipinski definition) is 9. The Morgan fingerprint density at radius 1 is 0.842 bits per heavy atom. The van der Waals surface area contributed by atoms with Crippen molar-refractivity contribution in [2.24, 2.45) is 0 Å². The first kappa shape index (κ1) is 25.8. The Kier molecular flexibility index (Phi) is 7.68. The number of aromatic nitrogens is 5. The summed E-state index contributed by atoms with van der Waals surface area (Å²) in [6, 6.07) is 16.2. The van der Waals surface area contributed by atoms with Crippen LogP contribution in [-0.2, 0) is 16.4 Å². The van der Waals surface area contributed by atoms with Crippen molar-refractivity contribution in [1.29, 1.82) is 0 Å². The molecule has 0 saturated carbocycles. The molecular weight excluding hydrogens is 500 g/mol. The number of likely N-dealkylation sites (N-methyl/N-ethyl adjacent to an activating group) is 1. The van der Waals surface area contributed by atoms with Gasteiger partial charge >= 0.3 is 0 Å². The Bertz CT molecular complexity index is 1500. The van der Waals surface area contributed by atoms with E-state index in [0.29, 0.717) is 53.4 Å². The second-order valence-electron chi connectivity index (χ2n) is 9.07. The lowest BCUT2D eigenvalue weighted by molar-refractivity contribution is 0.196. The lowest BCUT2D eigenvalue weighted by Crippen LogP contribution is -2.48. The van der Waals surface area contributed by atoms with E-state index >= 15 is 0 Å². The van der Waals surface area contributed by atoms with E-state index in [1.807, 2.05) is 37.3 Å². The Hall–Kier alpha value is -3.80. The van der Waals surface area contributed by atoms with Crippen LogP contribution in [0.3, 0.4) is 0 Å². The van der Waals surface area contributed by atoms with E-state index < -0.39 is 10.0 Å². The Labute approximate surface area is 222 Å². The van der Waals surface area contributed by atoms with Crippen molar-refractivity contribution >= 4 is 21.7 Å². The van der Waals surface area contributed by atoms with Crippen molar-refractivity contribution in [3.8, 4) is 11.5 Å². The highest BCUT2D eigenvalue weighted by molar-refractivity contribution is 7.89. The number of piperazine rings is 1. The van der Waals surface area contributed by atoms with Crippen molar-refractivity contribution in [2.75, 3.05) is 38.0 Å². The van der Waals surface area contributed by atoms with E-state index in [2.05, 4.69) is 42.1 Å². The van der Waals surface area contributed by atoms with Crippen molar-refractivity contribution in [3.63, 3.8) is 0 Å². The Balaban J connectivity index is 1.25. The Morgan fingerprint density at radius 2 is 1.55 bits per heavy atom. The minimum Gasteiger partial charge on any atom is -0.325 e. The SMILES string of the molecule is CCN1CCN(S(=O)(=O)c2ccc(Cc3nccc(Nc4ccnc(-c5cccc(C)n5)n4)n3)cc2)CC1. The average Bonchev–Trinajstić information content (AvgIpc) is 2.94. The van der Waals surface area contributed by atoms with Crippen molar-refractivity contribution in [1.82, 2.24) is 34.1 Å². The number of benzene rings is 1. The van der Waals surface area contributed by atoms with Gasteiger partial charge in [0.25, 0.3) is 0 Å². The number of aryl methyl sites for hydroxylation is 1. The van der Waals surface area contributed by atoms with Gasteiger partial charge in [0, 0.05) is 50.7 Å². The number of sulfonamides is 1. The second kappa shape index (κ2) is 11.3. The summed E-state index contributed by atoms with van der Waals surface area (Å²) in [7, 11) is -3.50.